The van der Waals surface area contributed by atoms with Crippen LogP contribution in [0, 0.1) is 12.7 Å². The molecule has 2 atom stereocenters. The van der Waals surface area contributed by atoms with Gasteiger partial charge in [-0.15, -0.1) is 0 Å². The van der Waals surface area contributed by atoms with E-state index in [1.807, 2.05) is 62.4 Å². The van der Waals surface area contributed by atoms with Crippen molar-refractivity contribution in [2.75, 3.05) is 25.1 Å². The summed E-state index contributed by atoms with van der Waals surface area (Å²) < 4.78 is 38.1. The molecule has 0 aromatic heterocycles. The number of hydrogen-bond acceptors (Lipinski definition) is 6. The Morgan fingerprint density at radius 2 is 1.90 bits per heavy atom. The van der Waals surface area contributed by atoms with Crippen LogP contribution in [0.25, 0.3) is 0 Å². The summed E-state index contributed by atoms with van der Waals surface area (Å²) in [6.07, 6.45) is -1.09. The van der Waals surface area contributed by atoms with Gasteiger partial charge >= 0.3 is 12.2 Å². The Morgan fingerprint density at radius 3 is 2.62 bits per heavy atom. The summed E-state index contributed by atoms with van der Waals surface area (Å²) in [6, 6.07) is 17.9. The molecule has 1 aliphatic heterocycles. The highest BCUT2D eigenvalue weighted by Gasteiger charge is 2.23. The SMILES string of the molecule is Cc1cc(Br)ccc1[C@@H](C)COC(=O)Nc1cc(F)c(O[C@H]2CCOC2)c(CNC(=O)OCc2ccccc2)c1. The number of amides is 2. The first-order chi connectivity index (χ1) is 19.3. The van der Waals surface area contributed by atoms with E-state index in [1.54, 1.807) is 0 Å². The zero-order chi connectivity index (χ0) is 28.5. The number of aryl methyl sites for hydroxylation is 1. The Labute approximate surface area is 241 Å². The van der Waals surface area contributed by atoms with Crippen LogP contribution in [0.5, 0.6) is 5.75 Å². The van der Waals surface area contributed by atoms with E-state index < -0.39 is 18.0 Å². The van der Waals surface area contributed by atoms with Crippen LogP contribution in [0.1, 0.15) is 41.5 Å². The second-order valence-corrected chi connectivity index (χ2v) is 10.5. The Kier molecular flexibility index (Phi) is 10.4. The van der Waals surface area contributed by atoms with Gasteiger partial charge in [0.1, 0.15) is 12.7 Å². The molecule has 1 aliphatic rings. The molecule has 0 spiro atoms. The molecule has 212 valence electrons. The first-order valence-corrected chi connectivity index (χ1v) is 13.8. The van der Waals surface area contributed by atoms with Crippen LogP contribution in [0.4, 0.5) is 19.7 Å². The molecular weight excluding hydrogens is 583 g/mol. The standard InChI is InChI=1S/C30H32BrFN2O6/c1-19-12-23(31)8-9-26(19)20(2)16-38-30(36)34-24-13-22(28(27(32)14-24)40-25-10-11-37-18-25)15-33-29(35)39-17-21-6-4-3-5-7-21/h3-9,12-14,20,25H,10-11,15-18H2,1-2H3,(H,33,35)(H,34,36)/t20-,25-/m0/s1. The predicted molar refractivity (Wildman–Crippen MR) is 152 cm³/mol. The molecule has 2 amide bonds. The Morgan fingerprint density at radius 1 is 1.10 bits per heavy atom. The van der Waals surface area contributed by atoms with Crippen LogP contribution in [-0.4, -0.2) is 38.1 Å². The molecule has 10 heteroatoms. The Balaban J connectivity index is 1.39. The van der Waals surface area contributed by atoms with Gasteiger partial charge in [-0.3, -0.25) is 5.32 Å². The van der Waals surface area contributed by atoms with Crippen molar-refractivity contribution in [2.45, 2.75) is 45.4 Å². The summed E-state index contributed by atoms with van der Waals surface area (Å²) in [5, 5.41) is 5.20. The van der Waals surface area contributed by atoms with Gasteiger partial charge in [-0.1, -0.05) is 59.3 Å². The number of halogens is 2. The average Bonchev–Trinajstić information content (AvgIpc) is 3.45. The van der Waals surface area contributed by atoms with Gasteiger partial charge in [0.15, 0.2) is 11.6 Å². The van der Waals surface area contributed by atoms with Crippen LogP contribution in [0.15, 0.2) is 65.1 Å². The molecule has 3 aromatic carbocycles. The van der Waals surface area contributed by atoms with Gasteiger partial charge < -0.3 is 24.3 Å². The summed E-state index contributed by atoms with van der Waals surface area (Å²) in [5.41, 5.74) is 3.48. The molecule has 40 heavy (non-hydrogen) atoms. The lowest BCUT2D eigenvalue weighted by molar-refractivity contribution is 0.134. The summed E-state index contributed by atoms with van der Waals surface area (Å²) in [7, 11) is 0. The lowest BCUT2D eigenvalue weighted by atomic mass is 9.97. The smallest absolute Gasteiger partial charge is 0.411 e. The number of anilines is 1. The third-order valence-electron chi connectivity index (χ3n) is 6.40. The molecule has 3 aromatic rings. The van der Waals surface area contributed by atoms with Crippen molar-refractivity contribution in [2.24, 2.45) is 0 Å². The van der Waals surface area contributed by atoms with Crippen molar-refractivity contribution in [3.05, 3.63) is 93.2 Å². The Hall–Kier alpha value is -3.63. The summed E-state index contributed by atoms with van der Waals surface area (Å²) >= 11 is 3.45. The molecule has 0 bridgehead atoms. The topological polar surface area (TPSA) is 95.1 Å². The maximum absolute atomic E-state index is 15.2. The lowest BCUT2D eigenvalue weighted by Gasteiger charge is -2.19. The molecule has 0 aliphatic carbocycles. The largest absolute Gasteiger partial charge is 0.484 e. The predicted octanol–water partition coefficient (Wildman–Crippen LogP) is 6.84. The molecule has 4 rings (SSSR count). The number of hydrogen-bond donors (Lipinski definition) is 2. The fourth-order valence-electron chi connectivity index (χ4n) is 4.34. The monoisotopic (exact) mass is 614 g/mol. The number of nitrogens with one attached hydrogen (secondary N) is 2. The highest BCUT2D eigenvalue weighted by Crippen LogP contribution is 2.30. The normalized spacial score (nSPS) is 15.2. The Bertz CT molecular complexity index is 1320. The summed E-state index contributed by atoms with van der Waals surface area (Å²) in [6.45, 7) is 4.97. The van der Waals surface area contributed by atoms with Crippen molar-refractivity contribution >= 4 is 33.8 Å². The van der Waals surface area contributed by atoms with E-state index in [9.17, 15) is 9.59 Å². The minimum atomic E-state index is -0.722. The van der Waals surface area contributed by atoms with Crippen LogP contribution in [-0.2, 0) is 27.4 Å². The summed E-state index contributed by atoms with van der Waals surface area (Å²) in [5.74, 6) is -0.739. The fourth-order valence-corrected chi connectivity index (χ4v) is 4.81. The third-order valence-corrected chi connectivity index (χ3v) is 6.90. The van der Waals surface area contributed by atoms with Gasteiger partial charge in [0.25, 0.3) is 0 Å². The van der Waals surface area contributed by atoms with Gasteiger partial charge in [0, 0.05) is 40.7 Å². The zero-order valence-corrected chi connectivity index (χ0v) is 24.0. The molecule has 8 nitrogen and oxygen atoms in total. The number of carbonyl (C=O) groups is 2. The van der Waals surface area contributed by atoms with Gasteiger partial charge in [-0.05, 0) is 41.8 Å². The van der Waals surface area contributed by atoms with E-state index >= 15 is 4.39 Å². The molecule has 0 saturated carbocycles. The highest BCUT2D eigenvalue weighted by atomic mass is 79.9. The minimum Gasteiger partial charge on any atom is -0.484 e. The second-order valence-electron chi connectivity index (χ2n) is 9.59. The van der Waals surface area contributed by atoms with E-state index in [0.717, 1.165) is 27.2 Å². The number of carbonyl (C=O) groups excluding carboxylic acids is 2. The molecule has 2 N–H and O–H groups in total. The maximum atomic E-state index is 15.2. The first-order valence-electron chi connectivity index (χ1n) is 13.0. The quantitative estimate of drug-likeness (QED) is 0.259. The fraction of sp³-hybridized carbons (Fsp3) is 0.333. The number of benzene rings is 3. The van der Waals surface area contributed by atoms with Crippen molar-refractivity contribution < 1.29 is 32.9 Å². The average molecular weight is 615 g/mol. The van der Waals surface area contributed by atoms with Gasteiger partial charge in [0.2, 0.25) is 0 Å². The van der Waals surface area contributed by atoms with Crippen LogP contribution in [0.3, 0.4) is 0 Å². The van der Waals surface area contributed by atoms with Crippen LogP contribution in [0.2, 0.25) is 0 Å². The van der Waals surface area contributed by atoms with Crippen LogP contribution < -0.4 is 15.4 Å². The maximum Gasteiger partial charge on any atom is 0.411 e. The van der Waals surface area contributed by atoms with E-state index in [0.29, 0.717) is 25.2 Å². The van der Waals surface area contributed by atoms with E-state index in [2.05, 4.69) is 26.6 Å². The van der Waals surface area contributed by atoms with E-state index in [-0.39, 0.29) is 43.2 Å². The van der Waals surface area contributed by atoms with Gasteiger partial charge in [-0.2, -0.15) is 0 Å². The van der Waals surface area contributed by atoms with Gasteiger partial charge in [-0.25, -0.2) is 14.0 Å². The van der Waals surface area contributed by atoms with Crippen molar-refractivity contribution in [3.8, 4) is 5.75 Å². The molecule has 1 fully saturated rings. The third kappa shape index (κ3) is 8.43. The van der Waals surface area contributed by atoms with Crippen molar-refractivity contribution in [1.82, 2.24) is 5.32 Å². The first kappa shape index (κ1) is 29.4. The number of rotatable bonds is 10. The van der Waals surface area contributed by atoms with Gasteiger partial charge in [0.05, 0.1) is 19.8 Å². The zero-order valence-electron chi connectivity index (χ0n) is 22.4. The van der Waals surface area contributed by atoms with E-state index in [4.69, 9.17) is 18.9 Å². The lowest BCUT2D eigenvalue weighted by Crippen LogP contribution is -2.25. The molecule has 0 radical (unpaired) electrons. The summed E-state index contributed by atoms with van der Waals surface area (Å²) in [4.78, 5) is 24.9. The minimum absolute atomic E-state index is 0.0166. The van der Waals surface area contributed by atoms with Crippen molar-refractivity contribution in [3.63, 3.8) is 0 Å². The molecule has 1 heterocycles. The molecular formula is C30H32BrFN2O6. The number of ether oxygens (including phenoxy) is 4. The second kappa shape index (κ2) is 14.1. The molecule has 0 unspecified atom stereocenters. The van der Waals surface area contributed by atoms with Crippen molar-refractivity contribution in [1.29, 1.82) is 0 Å². The van der Waals surface area contributed by atoms with Crippen LogP contribution >= 0.6 is 15.9 Å². The van der Waals surface area contributed by atoms with E-state index in [1.165, 1.54) is 6.07 Å². The number of alkyl carbamates (subject to hydrolysis) is 1. The molecule has 1 saturated heterocycles. The highest BCUT2D eigenvalue weighted by molar-refractivity contribution is 9.10.